The van der Waals surface area contributed by atoms with Crippen LogP contribution in [0.1, 0.15) is 30.4 Å². The van der Waals surface area contributed by atoms with Gasteiger partial charge in [0.15, 0.2) is 0 Å². The van der Waals surface area contributed by atoms with Crippen LogP contribution in [0, 0.1) is 11.8 Å². The molecule has 1 aliphatic rings. The first-order valence-corrected chi connectivity index (χ1v) is 10.4. The Morgan fingerprint density at radius 2 is 1.79 bits per heavy atom. The van der Waals surface area contributed by atoms with E-state index in [1.54, 1.807) is 0 Å². The summed E-state index contributed by atoms with van der Waals surface area (Å²) in [6.45, 7) is 1.76. The highest BCUT2D eigenvalue weighted by Crippen LogP contribution is 2.31. The molecular formula is C24H28N4O. The van der Waals surface area contributed by atoms with E-state index in [-0.39, 0.29) is 11.8 Å². The van der Waals surface area contributed by atoms with E-state index in [2.05, 4.69) is 29.6 Å². The van der Waals surface area contributed by atoms with Gasteiger partial charge in [-0.25, -0.2) is 0 Å². The smallest absolute Gasteiger partial charge is 0.223 e. The number of hydrogen-bond donors (Lipinski definition) is 2. The zero-order valence-electron chi connectivity index (χ0n) is 16.6. The van der Waals surface area contributed by atoms with E-state index in [0.29, 0.717) is 25.6 Å². The maximum atomic E-state index is 12.7. The normalized spacial score (nSPS) is 18.7. The number of nitrogens with two attached hydrogens (primary N) is 1. The van der Waals surface area contributed by atoms with Crippen LogP contribution < -0.4 is 11.1 Å². The van der Waals surface area contributed by atoms with Gasteiger partial charge in [-0.3, -0.25) is 9.48 Å². The molecule has 3 aromatic rings. The van der Waals surface area contributed by atoms with Crippen molar-refractivity contribution in [2.45, 2.75) is 32.4 Å². The average molecular weight is 389 g/mol. The lowest BCUT2D eigenvalue weighted by Crippen LogP contribution is -2.34. The Hall–Kier alpha value is -2.92. The third-order valence-electron chi connectivity index (χ3n) is 5.82. The van der Waals surface area contributed by atoms with Gasteiger partial charge in [-0.05, 0) is 30.9 Å². The van der Waals surface area contributed by atoms with E-state index in [1.165, 1.54) is 5.56 Å². The molecule has 3 N–H and O–H groups in total. The molecule has 1 amide bonds. The second-order valence-electron chi connectivity index (χ2n) is 7.80. The van der Waals surface area contributed by atoms with Gasteiger partial charge in [0, 0.05) is 29.8 Å². The zero-order chi connectivity index (χ0) is 20.1. The molecule has 1 heterocycles. The van der Waals surface area contributed by atoms with Crippen LogP contribution in [-0.4, -0.2) is 22.2 Å². The summed E-state index contributed by atoms with van der Waals surface area (Å²) in [5, 5.41) is 7.97. The van der Waals surface area contributed by atoms with Crippen molar-refractivity contribution in [1.29, 1.82) is 0 Å². The average Bonchev–Trinajstić information content (AvgIpc) is 3.40. The van der Waals surface area contributed by atoms with Crippen molar-refractivity contribution >= 4 is 5.91 Å². The summed E-state index contributed by atoms with van der Waals surface area (Å²) in [5.74, 6) is 0.469. The molecule has 2 atom stereocenters. The van der Waals surface area contributed by atoms with Crippen LogP contribution in [0.4, 0.5) is 0 Å². The Balaban J connectivity index is 1.53. The van der Waals surface area contributed by atoms with E-state index < -0.39 is 0 Å². The largest absolute Gasteiger partial charge is 0.352 e. The number of carbonyl (C=O) groups excluding carboxylic acids is 1. The van der Waals surface area contributed by atoms with E-state index in [0.717, 1.165) is 36.1 Å². The van der Waals surface area contributed by atoms with Crippen molar-refractivity contribution in [2.24, 2.45) is 17.6 Å². The fourth-order valence-corrected chi connectivity index (χ4v) is 4.26. The number of amides is 1. The summed E-state index contributed by atoms with van der Waals surface area (Å²) in [7, 11) is 0. The molecule has 5 nitrogen and oxygen atoms in total. The molecule has 0 aliphatic heterocycles. The minimum atomic E-state index is 0.0412. The first-order chi connectivity index (χ1) is 14.2. The lowest BCUT2D eigenvalue weighted by Gasteiger charge is -2.17. The van der Waals surface area contributed by atoms with Crippen LogP contribution in [0.15, 0.2) is 66.9 Å². The number of nitrogens with one attached hydrogen (secondary N) is 1. The van der Waals surface area contributed by atoms with Gasteiger partial charge in [-0.15, -0.1) is 0 Å². The van der Waals surface area contributed by atoms with Crippen LogP contribution in [0.25, 0.3) is 11.3 Å². The molecule has 150 valence electrons. The lowest BCUT2D eigenvalue weighted by atomic mass is 9.95. The van der Waals surface area contributed by atoms with Crippen LogP contribution in [0.5, 0.6) is 0 Å². The summed E-state index contributed by atoms with van der Waals surface area (Å²) in [5.41, 5.74) is 10.1. The maximum Gasteiger partial charge on any atom is 0.223 e. The van der Waals surface area contributed by atoms with Gasteiger partial charge in [0.2, 0.25) is 5.91 Å². The van der Waals surface area contributed by atoms with Gasteiger partial charge in [0.1, 0.15) is 0 Å². The van der Waals surface area contributed by atoms with Gasteiger partial charge in [-0.2, -0.15) is 5.10 Å². The van der Waals surface area contributed by atoms with E-state index in [9.17, 15) is 4.79 Å². The van der Waals surface area contributed by atoms with Crippen LogP contribution in [-0.2, 0) is 17.9 Å². The number of rotatable bonds is 7. The van der Waals surface area contributed by atoms with Crippen molar-refractivity contribution in [2.75, 3.05) is 6.54 Å². The second kappa shape index (κ2) is 9.05. The molecule has 0 saturated heterocycles. The van der Waals surface area contributed by atoms with Crippen molar-refractivity contribution in [1.82, 2.24) is 15.1 Å². The van der Waals surface area contributed by atoms with Crippen LogP contribution >= 0.6 is 0 Å². The summed E-state index contributed by atoms with van der Waals surface area (Å²) >= 11 is 0. The Morgan fingerprint density at radius 3 is 2.52 bits per heavy atom. The SMILES string of the molecule is NC[C@H]1CCC[C@H]1C(=O)NCc1cn(Cc2ccccc2)nc1-c1ccccc1. The Kier molecular flexibility index (Phi) is 6.06. The predicted molar refractivity (Wildman–Crippen MR) is 115 cm³/mol. The van der Waals surface area contributed by atoms with E-state index >= 15 is 0 Å². The molecule has 0 radical (unpaired) electrons. The molecule has 5 heteroatoms. The molecule has 2 aromatic carbocycles. The second-order valence-corrected chi connectivity index (χ2v) is 7.80. The lowest BCUT2D eigenvalue weighted by molar-refractivity contribution is -0.126. The Bertz CT molecular complexity index is 936. The number of nitrogens with zero attached hydrogens (tertiary/aromatic N) is 2. The summed E-state index contributed by atoms with van der Waals surface area (Å²) in [6, 6.07) is 20.4. The third kappa shape index (κ3) is 4.57. The highest BCUT2D eigenvalue weighted by molar-refractivity contribution is 5.79. The predicted octanol–water partition coefficient (Wildman–Crippen LogP) is 3.59. The topological polar surface area (TPSA) is 72.9 Å². The van der Waals surface area contributed by atoms with Gasteiger partial charge < -0.3 is 11.1 Å². The Labute approximate surface area is 171 Å². The Morgan fingerprint density at radius 1 is 1.07 bits per heavy atom. The number of aromatic nitrogens is 2. The molecule has 0 spiro atoms. The molecular weight excluding hydrogens is 360 g/mol. The van der Waals surface area contributed by atoms with Crippen molar-refractivity contribution in [3.63, 3.8) is 0 Å². The first kappa shape index (κ1) is 19.4. The molecule has 1 saturated carbocycles. The fourth-order valence-electron chi connectivity index (χ4n) is 4.26. The monoisotopic (exact) mass is 388 g/mol. The molecule has 29 heavy (non-hydrogen) atoms. The van der Waals surface area contributed by atoms with Gasteiger partial charge in [0.25, 0.3) is 0 Å². The molecule has 4 rings (SSSR count). The zero-order valence-corrected chi connectivity index (χ0v) is 16.6. The highest BCUT2D eigenvalue weighted by Gasteiger charge is 2.31. The molecule has 1 aliphatic carbocycles. The summed E-state index contributed by atoms with van der Waals surface area (Å²) in [6.07, 6.45) is 5.13. The fraction of sp³-hybridized carbons (Fsp3) is 0.333. The highest BCUT2D eigenvalue weighted by atomic mass is 16.1. The standard InChI is InChI=1S/C24H28N4O/c25-14-20-12-7-13-22(20)24(29)26-15-21-17-28(16-18-8-3-1-4-9-18)27-23(21)19-10-5-2-6-11-19/h1-6,8-11,17,20,22H,7,12-16,25H2,(H,26,29)/t20-,22-/m1/s1. The van der Waals surface area contributed by atoms with E-state index in [4.69, 9.17) is 10.8 Å². The molecule has 0 unspecified atom stereocenters. The van der Waals surface area contributed by atoms with Crippen LogP contribution in [0.2, 0.25) is 0 Å². The molecule has 1 fully saturated rings. The van der Waals surface area contributed by atoms with Crippen LogP contribution in [0.3, 0.4) is 0 Å². The number of carbonyl (C=O) groups is 1. The molecule has 1 aromatic heterocycles. The van der Waals surface area contributed by atoms with Gasteiger partial charge >= 0.3 is 0 Å². The third-order valence-corrected chi connectivity index (χ3v) is 5.82. The quantitative estimate of drug-likeness (QED) is 0.650. The minimum absolute atomic E-state index is 0.0412. The molecule has 0 bridgehead atoms. The first-order valence-electron chi connectivity index (χ1n) is 10.4. The van der Waals surface area contributed by atoms with Crippen molar-refractivity contribution in [3.05, 3.63) is 78.0 Å². The number of hydrogen-bond acceptors (Lipinski definition) is 3. The maximum absolute atomic E-state index is 12.7. The van der Waals surface area contributed by atoms with Gasteiger partial charge in [-0.1, -0.05) is 67.1 Å². The number of benzene rings is 2. The summed E-state index contributed by atoms with van der Waals surface area (Å²) < 4.78 is 1.96. The summed E-state index contributed by atoms with van der Waals surface area (Å²) in [4.78, 5) is 12.7. The van der Waals surface area contributed by atoms with E-state index in [1.807, 2.05) is 47.3 Å². The minimum Gasteiger partial charge on any atom is -0.352 e. The van der Waals surface area contributed by atoms with Crippen molar-refractivity contribution < 1.29 is 4.79 Å². The van der Waals surface area contributed by atoms with Gasteiger partial charge in [0.05, 0.1) is 12.2 Å². The van der Waals surface area contributed by atoms with Crippen molar-refractivity contribution in [3.8, 4) is 11.3 Å².